The molecule has 0 aliphatic heterocycles. The molecule has 0 heterocycles. The van der Waals surface area contributed by atoms with E-state index in [1.165, 1.54) is 6.92 Å². The Morgan fingerprint density at radius 2 is 1.74 bits per heavy atom. The van der Waals surface area contributed by atoms with Gasteiger partial charge in [-0.3, -0.25) is 9.59 Å². The van der Waals surface area contributed by atoms with Crippen molar-refractivity contribution in [2.24, 2.45) is 0 Å². The number of hydrogen-bond donors (Lipinski definition) is 1. The van der Waals surface area contributed by atoms with Crippen LogP contribution in [-0.2, 0) is 9.59 Å². The monoisotopic (exact) mass is 334 g/mol. The first kappa shape index (κ1) is 18.9. The van der Waals surface area contributed by atoms with Gasteiger partial charge in [0.2, 0.25) is 5.91 Å². The molecule has 0 unspecified atom stereocenters. The number of likely N-dealkylation sites (N-methyl/N-ethyl adjacent to an activating group) is 1. The molecule has 0 fully saturated rings. The number of rotatable bonds is 6. The number of halogens is 4. The van der Waals surface area contributed by atoms with Crippen molar-refractivity contribution in [3.8, 4) is 0 Å². The number of nitrogens with zero attached hydrogens (tertiary/aromatic N) is 1. The summed E-state index contributed by atoms with van der Waals surface area (Å²) in [6.45, 7) is 3.80. The molecule has 1 N–H and O–H groups in total. The van der Waals surface area contributed by atoms with Crippen molar-refractivity contribution < 1.29 is 27.2 Å². The van der Waals surface area contributed by atoms with Crippen molar-refractivity contribution in [3.05, 3.63) is 29.3 Å². The van der Waals surface area contributed by atoms with E-state index in [1.807, 2.05) is 0 Å². The van der Waals surface area contributed by atoms with Crippen molar-refractivity contribution in [3.63, 3.8) is 0 Å². The molecular weight excluding hydrogens is 316 g/mol. The molecule has 1 rings (SSSR count). The van der Waals surface area contributed by atoms with Gasteiger partial charge in [-0.15, -0.1) is 0 Å². The molecule has 1 aromatic carbocycles. The number of alkyl halides is 4. The third-order valence-electron chi connectivity index (χ3n) is 3.31. The maximum atomic E-state index is 13.1. The molecule has 128 valence electrons. The van der Waals surface area contributed by atoms with E-state index in [0.29, 0.717) is 10.6 Å². The fraction of sp³-hybridized carbons (Fsp3) is 0.467. The summed E-state index contributed by atoms with van der Waals surface area (Å²) in [5, 5.41) is 2.51. The van der Waals surface area contributed by atoms with Gasteiger partial charge in [0.15, 0.2) is 0 Å². The minimum absolute atomic E-state index is 0.290. The van der Waals surface area contributed by atoms with Gasteiger partial charge in [0.1, 0.15) is 6.54 Å². The summed E-state index contributed by atoms with van der Waals surface area (Å²) < 4.78 is 50.7. The molecule has 0 aliphatic rings. The van der Waals surface area contributed by atoms with Gasteiger partial charge in [-0.2, -0.15) is 8.78 Å². The van der Waals surface area contributed by atoms with Crippen molar-refractivity contribution >= 4 is 17.5 Å². The molecule has 0 radical (unpaired) electrons. The summed E-state index contributed by atoms with van der Waals surface area (Å²) in [6.07, 6.45) is -4.12. The highest BCUT2D eigenvalue weighted by atomic mass is 19.3. The first-order valence-electron chi connectivity index (χ1n) is 6.92. The number of aryl methyl sites for hydroxylation is 2. The van der Waals surface area contributed by atoms with Crippen LogP contribution >= 0.6 is 0 Å². The number of para-hydroxylation sites is 1. The summed E-state index contributed by atoms with van der Waals surface area (Å²) in [7, 11) is 0. The molecule has 0 saturated carbocycles. The lowest BCUT2D eigenvalue weighted by Crippen LogP contribution is -2.50. The highest BCUT2D eigenvalue weighted by molar-refractivity contribution is 5.96. The number of hydrogen-bond acceptors (Lipinski definition) is 2. The van der Waals surface area contributed by atoms with Gasteiger partial charge in [-0.1, -0.05) is 18.2 Å². The number of benzene rings is 1. The van der Waals surface area contributed by atoms with E-state index in [2.05, 4.69) is 5.32 Å². The smallest absolute Gasteiger partial charge is 0.328 e. The van der Waals surface area contributed by atoms with Crippen LogP contribution in [0.5, 0.6) is 0 Å². The second kappa shape index (κ2) is 7.43. The maximum absolute atomic E-state index is 13.1. The SMILES string of the molecule is CCN(CC(=O)Nc1c(C)cccc1C)C(=O)C(F)(F)C(F)F. The number of anilines is 1. The zero-order valence-corrected chi connectivity index (χ0v) is 13.0. The largest absolute Gasteiger partial charge is 0.383 e. The first-order chi connectivity index (χ1) is 10.6. The number of nitrogens with one attached hydrogen (secondary N) is 1. The summed E-state index contributed by atoms with van der Waals surface area (Å²) in [6, 6.07) is 5.28. The van der Waals surface area contributed by atoms with Gasteiger partial charge in [0, 0.05) is 12.2 Å². The van der Waals surface area contributed by atoms with E-state index in [1.54, 1.807) is 32.0 Å². The van der Waals surface area contributed by atoms with Gasteiger partial charge in [-0.05, 0) is 31.9 Å². The van der Waals surface area contributed by atoms with E-state index in [0.717, 1.165) is 11.1 Å². The molecule has 8 heteroatoms. The van der Waals surface area contributed by atoms with E-state index in [4.69, 9.17) is 0 Å². The Hall–Kier alpha value is -2.12. The van der Waals surface area contributed by atoms with Crippen LogP contribution in [0, 0.1) is 13.8 Å². The third-order valence-corrected chi connectivity index (χ3v) is 3.31. The van der Waals surface area contributed by atoms with Crippen molar-refractivity contribution in [2.75, 3.05) is 18.4 Å². The van der Waals surface area contributed by atoms with E-state index >= 15 is 0 Å². The fourth-order valence-electron chi connectivity index (χ4n) is 2.00. The minimum Gasteiger partial charge on any atom is -0.328 e. The van der Waals surface area contributed by atoms with Gasteiger partial charge < -0.3 is 10.2 Å². The quantitative estimate of drug-likeness (QED) is 0.813. The average molecular weight is 334 g/mol. The topological polar surface area (TPSA) is 49.4 Å². The summed E-state index contributed by atoms with van der Waals surface area (Å²) in [5.74, 6) is -7.61. The van der Waals surface area contributed by atoms with Crippen LogP contribution < -0.4 is 5.32 Å². The molecule has 0 aromatic heterocycles. The predicted octanol–water partition coefficient (Wildman–Crippen LogP) is 2.99. The molecule has 1 aromatic rings. The third kappa shape index (κ3) is 4.43. The maximum Gasteiger partial charge on any atom is 0.383 e. The molecule has 0 saturated heterocycles. The van der Waals surface area contributed by atoms with Crippen molar-refractivity contribution in [2.45, 2.75) is 33.1 Å². The lowest BCUT2D eigenvalue weighted by Gasteiger charge is -2.25. The Kier molecular flexibility index (Phi) is 6.12. The molecule has 4 nitrogen and oxygen atoms in total. The zero-order valence-electron chi connectivity index (χ0n) is 13.0. The van der Waals surface area contributed by atoms with Gasteiger partial charge in [-0.25, -0.2) is 8.78 Å². The highest BCUT2D eigenvalue weighted by Gasteiger charge is 2.51. The van der Waals surface area contributed by atoms with Crippen LogP contribution in [0.2, 0.25) is 0 Å². The molecule has 2 amide bonds. The molecule has 0 bridgehead atoms. The van der Waals surface area contributed by atoms with Crippen LogP contribution in [0.25, 0.3) is 0 Å². The molecule has 23 heavy (non-hydrogen) atoms. The average Bonchev–Trinajstić information content (AvgIpc) is 2.47. The molecule has 0 aliphatic carbocycles. The minimum atomic E-state index is -4.81. The van der Waals surface area contributed by atoms with Crippen LogP contribution in [-0.4, -0.2) is 42.2 Å². The second-order valence-corrected chi connectivity index (χ2v) is 5.06. The van der Waals surface area contributed by atoms with Crippen LogP contribution in [0.15, 0.2) is 18.2 Å². The van der Waals surface area contributed by atoms with Crippen molar-refractivity contribution in [1.82, 2.24) is 4.90 Å². The summed E-state index contributed by atoms with van der Waals surface area (Å²) in [5.41, 5.74) is 2.01. The molecular formula is C15H18F4N2O2. The second-order valence-electron chi connectivity index (χ2n) is 5.06. The Bertz CT molecular complexity index is 571. The molecule has 0 atom stereocenters. The highest BCUT2D eigenvalue weighted by Crippen LogP contribution is 2.25. The Labute approximate surface area is 131 Å². The normalized spacial score (nSPS) is 11.5. The standard InChI is InChI=1S/C15H18F4N2O2/c1-4-21(14(23)15(18,19)13(16)17)8-11(22)20-12-9(2)6-5-7-10(12)3/h5-7,13H,4,8H2,1-3H3,(H,20,22). The molecule has 0 spiro atoms. The van der Waals surface area contributed by atoms with Gasteiger partial charge in [0.05, 0.1) is 0 Å². The fourth-order valence-corrected chi connectivity index (χ4v) is 2.00. The van der Waals surface area contributed by atoms with E-state index in [-0.39, 0.29) is 6.54 Å². The zero-order chi connectivity index (χ0) is 17.8. The summed E-state index contributed by atoms with van der Waals surface area (Å²) >= 11 is 0. The van der Waals surface area contributed by atoms with Gasteiger partial charge >= 0.3 is 12.3 Å². The van der Waals surface area contributed by atoms with Crippen LogP contribution in [0.4, 0.5) is 23.2 Å². The van der Waals surface area contributed by atoms with E-state index < -0.39 is 30.7 Å². The lowest BCUT2D eigenvalue weighted by atomic mass is 10.1. The number of carbonyl (C=O) groups excluding carboxylic acids is 2. The lowest BCUT2D eigenvalue weighted by molar-refractivity contribution is -0.180. The van der Waals surface area contributed by atoms with Crippen LogP contribution in [0.3, 0.4) is 0 Å². The first-order valence-corrected chi connectivity index (χ1v) is 6.92. The Balaban J connectivity index is 2.84. The Morgan fingerprint density at radius 3 is 2.17 bits per heavy atom. The van der Waals surface area contributed by atoms with Crippen molar-refractivity contribution in [1.29, 1.82) is 0 Å². The van der Waals surface area contributed by atoms with E-state index in [9.17, 15) is 27.2 Å². The predicted molar refractivity (Wildman–Crippen MR) is 77.8 cm³/mol. The number of carbonyl (C=O) groups is 2. The van der Waals surface area contributed by atoms with Gasteiger partial charge in [0.25, 0.3) is 5.91 Å². The summed E-state index contributed by atoms with van der Waals surface area (Å²) in [4.78, 5) is 23.8. The number of amides is 2. The Morgan fingerprint density at radius 1 is 1.22 bits per heavy atom. The van der Waals surface area contributed by atoms with Crippen LogP contribution in [0.1, 0.15) is 18.1 Å².